The first-order valence-electron chi connectivity index (χ1n) is 6.58. The van der Waals surface area contributed by atoms with Gasteiger partial charge >= 0.3 is 0 Å². The first kappa shape index (κ1) is 11.5. The van der Waals surface area contributed by atoms with Crippen molar-refractivity contribution in [2.45, 2.75) is 46.0 Å². The van der Waals surface area contributed by atoms with Crippen LogP contribution in [0.4, 0.5) is 0 Å². The van der Waals surface area contributed by atoms with Gasteiger partial charge in [0.2, 0.25) is 0 Å². The molecule has 0 aromatic heterocycles. The van der Waals surface area contributed by atoms with Crippen LogP contribution in [0.1, 0.15) is 44.2 Å². The molecule has 0 bridgehead atoms. The Balaban J connectivity index is 2.09. The normalized spacial score (nSPS) is 19.2. The molecule has 1 unspecified atom stereocenters. The van der Waals surface area contributed by atoms with Gasteiger partial charge in [0.15, 0.2) is 0 Å². The molecule has 0 amide bonds. The van der Waals surface area contributed by atoms with Gasteiger partial charge in [-0.1, -0.05) is 25.8 Å². The molecule has 1 aliphatic carbocycles. The molecule has 0 saturated carbocycles. The van der Waals surface area contributed by atoms with Crippen LogP contribution < -0.4 is 4.74 Å². The van der Waals surface area contributed by atoms with Gasteiger partial charge in [-0.25, -0.2) is 0 Å². The number of fused-ring (bicyclic) bond motifs is 1. The van der Waals surface area contributed by atoms with E-state index in [4.69, 9.17) is 4.74 Å². The molecule has 2 rings (SSSR count). The largest absolute Gasteiger partial charge is 0.494 e. The van der Waals surface area contributed by atoms with E-state index in [-0.39, 0.29) is 0 Å². The van der Waals surface area contributed by atoms with Crippen molar-refractivity contribution in [3.05, 3.63) is 29.3 Å². The molecule has 0 spiro atoms. The Labute approximate surface area is 98.8 Å². The molecule has 1 aromatic rings. The summed E-state index contributed by atoms with van der Waals surface area (Å²) in [6.45, 7) is 5.08. The Morgan fingerprint density at radius 2 is 2.12 bits per heavy atom. The fourth-order valence-electron chi connectivity index (χ4n) is 2.72. The average molecular weight is 218 g/mol. The van der Waals surface area contributed by atoms with Crippen molar-refractivity contribution in [2.75, 3.05) is 6.61 Å². The van der Waals surface area contributed by atoms with E-state index in [0.29, 0.717) is 0 Å². The Morgan fingerprint density at radius 3 is 2.88 bits per heavy atom. The standard InChI is InChI=1S/C15H22O/c1-3-5-12-6-7-14-11-15(16-4-2)9-8-13(14)10-12/h8-9,11-12H,3-7,10H2,1-2H3. The number of aryl methyl sites for hydroxylation is 1. The van der Waals surface area contributed by atoms with Gasteiger partial charge in [-0.15, -0.1) is 0 Å². The monoisotopic (exact) mass is 218 g/mol. The molecule has 1 atom stereocenters. The molecule has 0 N–H and O–H groups in total. The summed E-state index contributed by atoms with van der Waals surface area (Å²) >= 11 is 0. The molecule has 0 fully saturated rings. The number of hydrogen-bond acceptors (Lipinski definition) is 1. The summed E-state index contributed by atoms with van der Waals surface area (Å²) < 4.78 is 5.55. The molecular formula is C15H22O. The van der Waals surface area contributed by atoms with E-state index in [1.54, 1.807) is 5.56 Å². The Kier molecular flexibility index (Phi) is 3.87. The molecule has 0 aliphatic heterocycles. The minimum atomic E-state index is 0.761. The van der Waals surface area contributed by atoms with Gasteiger partial charge in [0.05, 0.1) is 6.61 Å². The zero-order valence-corrected chi connectivity index (χ0v) is 10.5. The number of ether oxygens (including phenoxy) is 1. The quantitative estimate of drug-likeness (QED) is 0.742. The average Bonchev–Trinajstić information content (AvgIpc) is 2.30. The Hall–Kier alpha value is -0.980. The molecule has 1 heteroatoms. The third-order valence-corrected chi connectivity index (χ3v) is 3.52. The molecule has 1 aliphatic rings. The van der Waals surface area contributed by atoms with Crippen LogP contribution in [0.25, 0.3) is 0 Å². The third kappa shape index (κ3) is 2.58. The Morgan fingerprint density at radius 1 is 1.25 bits per heavy atom. The second kappa shape index (κ2) is 5.38. The molecular weight excluding hydrogens is 196 g/mol. The van der Waals surface area contributed by atoms with E-state index in [0.717, 1.165) is 18.3 Å². The molecule has 0 heterocycles. The van der Waals surface area contributed by atoms with Crippen LogP contribution in [0.2, 0.25) is 0 Å². The lowest BCUT2D eigenvalue weighted by Crippen LogP contribution is -2.14. The van der Waals surface area contributed by atoms with Gasteiger partial charge in [0, 0.05) is 0 Å². The van der Waals surface area contributed by atoms with Gasteiger partial charge < -0.3 is 4.74 Å². The summed E-state index contributed by atoms with van der Waals surface area (Å²) in [5.74, 6) is 1.95. The summed E-state index contributed by atoms with van der Waals surface area (Å²) in [4.78, 5) is 0. The number of hydrogen-bond donors (Lipinski definition) is 0. The van der Waals surface area contributed by atoms with E-state index in [1.165, 1.54) is 37.7 Å². The highest BCUT2D eigenvalue weighted by atomic mass is 16.5. The smallest absolute Gasteiger partial charge is 0.119 e. The van der Waals surface area contributed by atoms with E-state index in [1.807, 2.05) is 6.92 Å². The summed E-state index contributed by atoms with van der Waals surface area (Å²) in [5, 5.41) is 0. The topological polar surface area (TPSA) is 9.23 Å². The molecule has 1 nitrogen and oxygen atoms in total. The zero-order chi connectivity index (χ0) is 11.4. The molecule has 0 saturated heterocycles. The SMILES string of the molecule is CCCC1CCc2cc(OCC)ccc2C1. The summed E-state index contributed by atoms with van der Waals surface area (Å²) in [7, 11) is 0. The van der Waals surface area contributed by atoms with Crippen LogP contribution in [0, 0.1) is 5.92 Å². The lowest BCUT2D eigenvalue weighted by Gasteiger charge is -2.24. The summed E-state index contributed by atoms with van der Waals surface area (Å²) in [6.07, 6.45) is 6.57. The zero-order valence-electron chi connectivity index (χ0n) is 10.5. The molecule has 1 aromatic carbocycles. The maximum absolute atomic E-state index is 5.55. The van der Waals surface area contributed by atoms with Crippen LogP contribution in [-0.4, -0.2) is 6.61 Å². The summed E-state index contributed by atoms with van der Waals surface area (Å²) in [5.41, 5.74) is 3.06. The van der Waals surface area contributed by atoms with Crippen molar-refractivity contribution in [3.63, 3.8) is 0 Å². The van der Waals surface area contributed by atoms with Crippen molar-refractivity contribution in [3.8, 4) is 5.75 Å². The number of benzene rings is 1. The molecule has 88 valence electrons. The van der Waals surface area contributed by atoms with Gasteiger partial charge in [-0.2, -0.15) is 0 Å². The van der Waals surface area contributed by atoms with Crippen molar-refractivity contribution in [1.29, 1.82) is 0 Å². The van der Waals surface area contributed by atoms with Crippen LogP contribution in [0.3, 0.4) is 0 Å². The second-order valence-corrected chi connectivity index (χ2v) is 4.76. The molecule has 16 heavy (non-hydrogen) atoms. The first-order chi connectivity index (χ1) is 7.83. The highest BCUT2D eigenvalue weighted by Crippen LogP contribution is 2.30. The fourth-order valence-corrected chi connectivity index (χ4v) is 2.72. The van der Waals surface area contributed by atoms with Crippen LogP contribution in [0.5, 0.6) is 5.75 Å². The molecule has 0 radical (unpaired) electrons. The second-order valence-electron chi connectivity index (χ2n) is 4.76. The van der Waals surface area contributed by atoms with Gasteiger partial charge in [-0.05, 0) is 55.4 Å². The van der Waals surface area contributed by atoms with Crippen molar-refractivity contribution < 1.29 is 4.74 Å². The predicted octanol–water partition coefficient (Wildman–Crippen LogP) is 3.99. The van der Waals surface area contributed by atoms with E-state index < -0.39 is 0 Å². The van der Waals surface area contributed by atoms with E-state index >= 15 is 0 Å². The highest BCUT2D eigenvalue weighted by molar-refractivity contribution is 5.37. The lowest BCUT2D eigenvalue weighted by molar-refractivity contribution is 0.338. The van der Waals surface area contributed by atoms with Crippen molar-refractivity contribution in [2.24, 2.45) is 5.92 Å². The Bertz CT molecular complexity index is 343. The predicted molar refractivity (Wildman–Crippen MR) is 68.0 cm³/mol. The highest BCUT2D eigenvalue weighted by Gasteiger charge is 2.18. The first-order valence-corrected chi connectivity index (χ1v) is 6.58. The lowest BCUT2D eigenvalue weighted by atomic mass is 9.82. The van der Waals surface area contributed by atoms with Gasteiger partial charge in [0.25, 0.3) is 0 Å². The van der Waals surface area contributed by atoms with E-state index in [2.05, 4.69) is 25.1 Å². The third-order valence-electron chi connectivity index (χ3n) is 3.52. The van der Waals surface area contributed by atoms with Gasteiger partial charge in [0.1, 0.15) is 5.75 Å². The van der Waals surface area contributed by atoms with Crippen molar-refractivity contribution >= 4 is 0 Å². The number of rotatable bonds is 4. The van der Waals surface area contributed by atoms with Crippen LogP contribution in [0.15, 0.2) is 18.2 Å². The minimum Gasteiger partial charge on any atom is -0.494 e. The van der Waals surface area contributed by atoms with Crippen LogP contribution >= 0.6 is 0 Å². The fraction of sp³-hybridized carbons (Fsp3) is 0.600. The maximum Gasteiger partial charge on any atom is 0.119 e. The van der Waals surface area contributed by atoms with E-state index in [9.17, 15) is 0 Å². The minimum absolute atomic E-state index is 0.761. The summed E-state index contributed by atoms with van der Waals surface area (Å²) in [6, 6.07) is 6.62. The van der Waals surface area contributed by atoms with Crippen molar-refractivity contribution in [1.82, 2.24) is 0 Å². The van der Waals surface area contributed by atoms with Crippen LogP contribution in [-0.2, 0) is 12.8 Å². The van der Waals surface area contributed by atoms with Gasteiger partial charge in [-0.3, -0.25) is 0 Å². The maximum atomic E-state index is 5.55.